The first-order valence-electron chi connectivity index (χ1n) is 7.35. The molecule has 1 atom stereocenters. The van der Waals surface area contributed by atoms with Gasteiger partial charge in [-0.05, 0) is 36.8 Å². The Balaban J connectivity index is 1.65. The van der Waals surface area contributed by atoms with Crippen molar-refractivity contribution in [1.29, 1.82) is 0 Å². The molecule has 0 unspecified atom stereocenters. The van der Waals surface area contributed by atoms with Crippen LogP contribution in [-0.2, 0) is 5.75 Å². The molecule has 1 heterocycles. The number of halogens is 3. The Kier molecular flexibility index (Phi) is 5.83. The molecule has 2 aromatic carbocycles. The van der Waals surface area contributed by atoms with Gasteiger partial charge in [0.15, 0.2) is 17.7 Å². The van der Waals surface area contributed by atoms with Crippen LogP contribution in [0.3, 0.4) is 0 Å². The average molecular weight is 399 g/mol. The second-order valence-corrected chi connectivity index (χ2v) is 6.83. The lowest BCUT2D eigenvalue weighted by atomic mass is 10.2. The fourth-order valence-corrected chi connectivity index (χ4v) is 3.54. The minimum atomic E-state index is -0.581. The molecule has 130 valence electrons. The van der Waals surface area contributed by atoms with Gasteiger partial charge < -0.3 is 9.15 Å². The number of hydrogen-bond donors (Lipinski definition) is 0. The summed E-state index contributed by atoms with van der Waals surface area (Å²) in [5.74, 6) is 0.431. The van der Waals surface area contributed by atoms with Crippen molar-refractivity contribution in [3.8, 4) is 5.75 Å². The molecule has 0 aliphatic rings. The van der Waals surface area contributed by atoms with E-state index in [9.17, 15) is 4.39 Å². The Hall–Kier alpha value is -1.76. The van der Waals surface area contributed by atoms with Gasteiger partial charge in [0.25, 0.3) is 11.1 Å². The van der Waals surface area contributed by atoms with Gasteiger partial charge in [-0.1, -0.05) is 53.2 Å². The number of hydrogen-bond acceptors (Lipinski definition) is 5. The molecule has 0 aliphatic carbocycles. The van der Waals surface area contributed by atoms with E-state index in [0.717, 1.165) is 5.56 Å². The first kappa shape index (κ1) is 18.0. The van der Waals surface area contributed by atoms with Crippen LogP contribution in [-0.4, -0.2) is 10.2 Å². The lowest BCUT2D eigenvalue weighted by Crippen LogP contribution is -2.04. The quantitative estimate of drug-likeness (QED) is 0.480. The number of rotatable bonds is 6. The van der Waals surface area contributed by atoms with Crippen molar-refractivity contribution in [2.45, 2.75) is 24.0 Å². The third kappa shape index (κ3) is 4.45. The first-order valence-corrected chi connectivity index (χ1v) is 9.09. The number of aromatic nitrogens is 2. The SMILES string of the molecule is C[C@@H](Oc1ccccc1F)c1nnc(SCc2c(Cl)cccc2Cl)o1. The van der Waals surface area contributed by atoms with Gasteiger partial charge in [-0.15, -0.1) is 10.2 Å². The van der Waals surface area contributed by atoms with Gasteiger partial charge in [-0.2, -0.15) is 0 Å². The highest BCUT2D eigenvalue weighted by Gasteiger charge is 2.18. The van der Waals surface area contributed by atoms with Gasteiger partial charge in [0.05, 0.1) is 0 Å². The maximum Gasteiger partial charge on any atom is 0.277 e. The van der Waals surface area contributed by atoms with Crippen LogP contribution < -0.4 is 4.74 Å². The largest absolute Gasteiger partial charge is 0.478 e. The summed E-state index contributed by atoms with van der Waals surface area (Å²) in [6, 6.07) is 11.5. The standard InChI is InChI=1S/C17H13Cl2FN2O2S/c1-10(23-15-8-3-2-7-14(15)20)16-21-22-17(24-16)25-9-11-12(18)5-4-6-13(11)19/h2-8,10H,9H2,1H3/t10-/m1/s1. The molecule has 0 fully saturated rings. The molecule has 0 spiro atoms. The van der Waals surface area contributed by atoms with Crippen molar-refractivity contribution in [1.82, 2.24) is 10.2 Å². The molecule has 3 rings (SSSR count). The van der Waals surface area contributed by atoms with E-state index in [1.54, 1.807) is 37.3 Å². The topological polar surface area (TPSA) is 48.2 Å². The van der Waals surface area contributed by atoms with Crippen molar-refractivity contribution >= 4 is 35.0 Å². The number of nitrogens with zero attached hydrogens (tertiary/aromatic N) is 2. The fraction of sp³-hybridized carbons (Fsp3) is 0.176. The van der Waals surface area contributed by atoms with Crippen LogP contribution in [0.4, 0.5) is 4.39 Å². The Labute approximate surface area is 158 Å². The Morgan fingerprint density at radius 1 is 1.12 bits per heavy atom. The highest BCUT2D eigenvalue weighted by molar-refractivity contribution is 7.98. The highest BCUT2D eigenvalue weighted by Crippen LogP contribution is 2.32. The second kappa shape index (κ2) is 8.08. The van der Waals surface area contributed by atoms with E-state index in [-0.39, 0.29) is 11.6 Å². The Morgan fingerprint density at radius 2 is 1.84 bits per heavy atom. The summed E-state index contributed by atoms with van der Waals surface area (Å²) in [4.78, 5) is 0. The van der Waals surface area contributed by atoms with E-state index >= 15 is 0 Å². The van der Waals surface area contributed by atoms with E-state index in [4.69, 9.17) is 32.4 Å². The zero-order valence-electron chi connectivity index (χ0n) is 13.1. The molecule has 0 radical (unpaired) electrons. The Bertz CT molecular complexity index is 855. The van der Waals surface area contributed by atoms with Crippen LogP contribution in [0.25, 0.3) is 0 Å². The summed E-state index contributed by atoms with van der Waals surface area (Å²) in [5.41, 5.74) is 0.797. The van der Waals surface area contributed by atoms with Gasteiger partial charge in [0.1, 0.15) is 0 Å². The molecular formula is C17H13Cl2FN2O2S. The van der Waals surface area contributed by atoms with Crippen LogP contribution in [0.1, 0.15) is 24.5 Å². The third-order valence-corrected chi connectivity index (χ3v) is 4.87. The molecule has 4 nitrogen and oxygen atoms in total. The molecule has 0 saturated heterocycles. The first-order chi connectivity index (χ1) is 12.0. The van der Waals surface area contributed by atoms with Crippen LogP contribution in [0.15, 0.2) is 52.1 Å². The molecule has 0 amide bonds. The molecule has 25 heavy (non-hydrogen) atoms. The minimum absolute atomic E-state index is 0.130. The second-order valence-electron chi connectivity index (χ2n) is 5.09. The lowest BCUT2D eigenvalue weighted by molar-refractivity contribution is 0.174. The van der Waals surface area contributed by atoms with E-state index < -0.39 is 11.9 Å². The summed E-state index contributed by atoms with van der Waals surface area (Å²) < 4.78 is 24.7. The summed E-state index contributed by atoms with van der Waals surface area (Å²) in [6.45, 7) is 1.71. The lowest BCUT2D eigenvalue weighted by Gasteiger charge is -2.11. The smallest absolute Gasteiger partial charge is 0.277 e. The van der Waals surface area contributed by atoms with Gasteiger partial charge >= 0.3 is 0 Å². The van der Waals surface area contributed by atoms with Gasteiger partial charge in [0.2, 0.25) is 0 Å². The summed E-state index contributed by atoms with van der Waals surface area (Å²) in [7, 11) is 0. The van der Waals surface area contributed by atoms with Crippen molar-refractivity contribution < 1.29 is 13.5 Å². The average Bonchev–Trinajstić information content (AvgIpc) is 3.05. The molecule has 0 aliphatic heterocycles. The molecule has 0 N–H and O–H groups in total. The summed E-state index contributed by atoms with van der Waals surface area (Å²) >= 11 is 13.6. The molecular weight excluding hydrogens is 386 g/mol. The predicted octanol–water partition coefficient (Wildman–Crippen LogP) is 5.95. The van der Waals surface area contributed by atoms with Crippen LogP contribution in [0.5, 0.6) is 5.75 Å². The van der Waals surface area contributed by atoms with E-state index in [1.807, 2.05) is 0 Å². The van der Waals surface area contributed by atoms with E-state index in [2.05, 4.69) is 10.2 Å². The van der Waals surface area contributed by atoms with Crippen molar-refractivity contribution in [3.63, 3.8) is 0 Å². The maximum atomic E-state index is 13.6. The predicted molar refractivity (Wildman–Crippen MR) is 95.8 cm³/mol. The van der Waals surface area contributed by atoms with Gasteiger partial charge in [0, 0.05) is 15.8 Å². The number of thioether (sulfide) groups is 1. The van der Waals surface area contributed by atoms with Crippen LogP contribution in [0.2, 0.25) is 10.0 Å². The van der Waals surface area contributed by atoms with Gasteiger partial charge in [-0.25, -0.2) is 4.39 Å². The Morgan fingerprint density at radius 3 is 2.56 bits per heavy atom. The number of para-hydroxylation sites is 1. The summed E-state index contributed by atoms with van der Waals surface area (Å²) in [6.07, 6.45) is -0.581. The minimum Gasteiger partial charge on any atom is -0.478 e. The third-order valence-electron chi connectivity index (χ3n) is 3.31. The van der Waals surface area contributed by atoms with E-state index in [0.29, 0.717) is 21.0 Å². The molecule has 0 bridgehead atoms. The molecule has 3 aromatic rings. The number of ether oxygens (including phenoxy) is 1. The highest BCUT2D eigenvalue weighted by atomic mass is 35.5. The molecule has 1 aromatic heterocycles. The fourth-order valence-electron chi connectivity index (χ4n) is 2.03. The van der Waals surface area contributed by atoms with Gasteiger partial charge in [-0.3, -0.25) is 0 Å². The van der Waals surface area contributed by atoms with Crippen LogP contribution >= 0.6 is 35.0 Å². The van der Waals surface area contributed by atoms with Crippen molar-refractivity contribution in [3.05, 3.63) is 69.8 Å². The monoisotopic (exact) mass is 398 g/mol. The zero-order chi connectivity index (χ0) is 17.8. The van der Waals surface area contributed by atoms with Crippen LogP contribution in [0, 0.1) is 5.82 Å². The molecule has 8 heteroatoms. The molecule has 0 saturated carbocycles. The van der Waals surface area contributed by atoms with Crippen molar-refractivity contribution in [2.24, 2.45) is 0 Å². The summed E-state index contributed by atoms with van der Waals surface area (Å²) in [5, 5.41) is 9.43. The normalized spacial score (nSPS) is 12.2. The van der Waals surface area contributed by atoms with E-state index in [1.165, 1.54) is 23.9 Å². The van der Waals surface area contributed by atoms with Crippen molar-refractivity contribution in [2.75, 3.05) is 0 Å². The maximum absolute atomic E-state index is 13.6. The zero-order valence-corrected chi connectivity index (χ0v) is 15.4. The number of benzene rings is 2.